The molecule has 1 N–H and O–H groups in total. The molecule has 0 saturated heterocycles. The van der Waals surface area contributed by atoms with Crippen molar-refractivity contribution in [1.82, 2.24) is 9.71 Å². The molecule has 112 valence electrons. The Morgan fingerprint density at radius 3 is 2.86 bits per heavy atom. The molecule has 2 rings (SSSR count). The lowest BCUT2D eigenvalue weighted by Gasteiger charge is -2.11. The number of carbonyl (C=O) groups excluding carboxylic acids is 1. The number of carbonyl (C=O) groups is 1. The molecule has 2 aromatic rings. The van der Waals surface area contributed by atoms with E-state index in [1.807, 2.05) is 22.6 Å². The van der Waals surface area contributed by atoms with E-state index in [9.17, 15) is 13.2 Å². The zero-order chi connectivity index (χ0) is 15.5. The third-order valence-electron chi connectivity index (χ3n) is 2.80. The van der Waals surface area contributed by atoms with E-state index in [1.165, 1.54) is 13.2 Å². The number of benzene rings is 1. The summed E-state index contributed by atoms with van der Waals surface area (Å²) in [4.78, 5) is 15.6. The average Bonchev–Trinajstić information content (AvgIpc) is 2.51. The van der Waals surface area contributed by atoms with Crippen LogP contribution in [0.25, 0.3) is 10.9 Å². The van der Waals surface area contributed by atoms with E-state index >= 15 is 0 Å². The van der Waals surface area contributed by atoms with E-state index in [2.05, 4.69) is 14.4 Å². The second kappa shape index (κ2) is 6.67. The van der Waals surface area contributed by atoms with E-state index in [1.54, 1.807) is 30.5 Å². The summed E-state index contributed by atoms with van der Waals surface area (Å²) in [7, 11) is -2.46. The fraction of sp³-hybridized carbons (Fsp3) is 0.231. The number of halogens is 1. The Balaban J connectivity index is 2.28. The molecule has 0 fully saturated rings. The first-order valence-corrected chi connectivity index (χ1v) is 8.74. The van der Waals surface area contributed by atoms with Crippen molar-refractivity contribution in [1.29, 1.82) is 0 Å². The van der Waals surface area contributed by atoms with Gasteiger partial charge in [0.1, 0.15) is 3.92 Å². The van der Waals surface area contributed by atoms with Gasteiger partial charge < -0.3 is 4.74 Å². The fourth-order valence-electron chi connectivity index (χ4n) is 1.78. The van der Waals surface area contributed by atoms with Crippen LogP contribution in [0.4, 0.5) is 0 Å². The second-order valence-corrected chi connectivity index (χ2v) is 7.41. The van der Waals surface area contributed by atoms with E-state index in [0.29, 0.717) is 10.9 Å². The summed E-state index contributed by atoms with van der Waals surface area (Å²) < 4.78 is 31.1. The first kappa shape index (κ1) is 16.1. The standard InChI is InChI=1S/C13H13IN2O4S/c1-20-13(17)10(14)8-16-21(18,19)12-6-2-5-11-9(12)4-3-7-15-11/h2-7,10,16H,8H2,1H3. The molecule has 1 heterocycles. The van der Waals surface area contributed by atoms with Crippen molar-refractivity contribution in [3.05, 3.63) is 36.5 Å². The number of pyridine rings is 1. The molecular weight excluding hydrogens is 407 g/mol. The molecule has 6 nitrogen and oxygen atoms in total. The SMILES string of the molecule is COC(=O)C(I)CNS(=O)(=O)c1cccc2ncccc12. The average molecular weight is 420 g/mol. The monoisotopic (exact) mass is 420 g/mol. The molecule has 0 saturated carbocycles. The first-order valence-electron chi connectivity index (χ1n) is 6.01. The number of fused-ring (bicyclic) bond motifs is 1. The Hall–Kier alpha value is -1.26. The number of nitrogens with zero attached hydrogens (tertiary/aromatic N) is 1. The molecule has 0 aliphatic heterocycles. The maximum absolute atomic E-state index is 12.4. The molecule has 0 bridgehead atoms. The van der Waals surface area contributed by atoms with Gasteiger partial charge >= 0.3 is 5.97 Å². The molecule has 1 aromatic carbocycles. The summed E-state index contributed by atoms with van der Waals surface area (Å²) in [5.74, 6) is -0.474. The third kappa shape index (κ3) is 3.69. The quantitative estimate of drug-likeness (QED) is 0.450. The van der Waals surface area contributed by atoms with Crippen LogP contribution in [0, 0.1) is 0 Å². The van der Waals surface area contributed by atoms with Crippen molar-refractivity contribution in [3.8, 4) is 0 Å². The molecular formula is C13H13IN2O4S. The Morgan fingerprint density at radius 2 is 2.14 bits per heavy atom. The minimum Gasteiger partial charge on any atom is -0.468 e. The largest absolute Gasteiger partial charge is 0.468 e. The Kier molecular flexibility index (Phi) is 5.12. The smallest absolute Gasteiger partial charge is 0.319 e. The highest BCUT2D eigenvalue weighted by molar-refractivity contribution is 14.1. The summed E-state index contributed by atoms with van der Waals surface area (Å²) in [6.07, 6.45) is 1.60. The molecule has 0 aliphatic carbocycles. The first-order chi connectivity index (χ1) is 9.95. The molecule has 0 amide bonds. The lowest BCUT2D eigenvalue weighted by Crippen LogP contribution is -2.34. The van der Waals surface area contributed by atoms with Gasteiger partial charge in [-0.2, -0.15) is 0 Å². The number of hydrogen-bond donors (Lipinski definition) is 1. The van der Waals surface area contributed by atoms with Crippen molar-refractivity contribution >= 4 is 49.5 Å². The van der Waals surface area contributed by atoms with Gasteiger partial charge in [-0.1, -0.05) is 28.7 Å². The molecule has 8 heteroatoms. The van der Waals surface area contributed by atoms with Crippen LogP contribution in [0.2, 0.25) is 0 Å². The number of hydrogen-bond acceptors (Lipinski definition) is 5. The molecule has 1 unspecified atom stereocenters. The number of ether oxygens (including phenoxy) is 1. The van der Waals surface area contributed by atoms with Crippen LogP contribution < -0.4 is 4.72 Å². The highest BCUT2D eigenvalue weighted by Gasteiger charge is 2.21. The molecule has 21 heavy (non-hydrogen) atoms. The maximum Gasteiger partial charge on any atom is 0.319 e. The third-order valence-corrected chi connectivity index (χ3v) is 5.24. The van der Waals surface area contributed by atoms with Crippen LogP contribution in [-0.4, -0.2) is 37.0 Å². The van der Waals surface area contributed by atoms with Crippen LogP contribution >= 0.6 is 22.6 Å². The van der Waals surface area contributed by atoms with Gasteiger partial charge in [-0.25, -0.2) is 13.1 Å². The number of rotatable bonds is 5. The van der Waals surface area contributed by atoms with Crippen LogP contribution in [0.3, 0.4) is 0 Å². The normalized spacial score (nSPS) is 13.0. The molecule has 1 atom stereocenters. The zero-order valence-electron chi connectivity index (χ0n) is 11.1. The van der Waals surface area contributed by atoms with Crippen LogP contribution in [0.5, 0.6) is 0 Å². The Morgan fingerprint density at radius 1 is 1.38 bits per heavy atom. The predicted octanol–water partition coefficient (Wildman–Crippen LogP) is 1.49. The van der Waals surface area contributed by atoms with Gasteiger partial charge in [-0.05, 0) is 24.3 Å². The van der Waals surface area contributed by atoms with Gasteiger partial charge in [0.05, 0.1) is 17.5 Å². The van der Waals surface area contributed by atoms with Crippen molar-refractivity contribution in [2.24, 2.45) is 0 Å². The van der Waals surface area contributed by atoms with E-state index in [0.717, 1.165) is 0 Å². The van der Waals surface area contributed by atoms with Gasteiger partial charge in [0.15, 0.2) is 0 Å². The number of nitrogens with one attached hydrogen (secondary N) is 1. The molecule has 1 aromatic heterocycles. The second-order valence-electron chi connectivity index (χ2n) is 4.17. The number of aromatic nitrogens is 1. The van der Waals surface area contributed by atoms with Gasteiger partial charge in [-0.15, -0.1) is 0 Å². The summed E-state index contributed by atoms with van der Waals surface area (Å²) in [6.45, 7) is -0.0355. The highest BCUT2D eigenvalue weighted by atomic mass is 127. The van der Waals surface area contributed by atoms with Gasteiger partial charge in [0.2, 0.25) is 10.0 Å². The van der Waals surface area contributed by atoms with Crippen molar-refractivity contribution in [3.63, 3.8) is 0 Å². The van der Waals surface area contributed by atoms with E-state index in [-0.39, 0.29) is 11.4 Å². The zero-order valence-corrected chi connectivity index (χ0v) is 14.1. The van der Waals surface area contributed by atoms with E-state index < -0.39 is 19.9 Å². The van der Waals surface area contributed by atoms with Crippen LogP contribution in [-0.2, 0) is 19.6 Å². The Bertz CT molecular complexity index is 758. The Labute approximate surface area is 136 Å². The van der Waals surface area contributed by atoms with Gasteiger partial charge in [0.25, 0.3) is 0 Å². The van der Waals surface area contributed by atoms with Crippen molar-refractivity contribution in [2.45, 2.75) is 8.82 Å². The number of esters is 1. The summed E-state index contributed by atoms with van der Waals surface area (Å²) >= 11 is 1.83. The number of alkyl halides is 1. The van der Waals surface area contributed by atoms with Gasteiger partial charge in [-0.3, -0.25) is 9.78 Å². The predicted molar refractivity (Wildman–Crippen MR) is 86.8 cm³/mol. The summed E-state index contributed by atoms with van der Waals surface area (Å²) in [5.41, 5.74) is 0.597. The van der Waals surface area contributed by atoms with Gasteiger partial charge in [0, 0.05) is 18.1 Å². The summed E-state index contributed by atoms with van der Waals surface area (Å²) in [6, 6.07) is 8.25. The fourth-order valence-corrected chi connectivity index (χ4v) is 3.82. The highest BCUT2D eigenvalue weighted by Crippen LogP contribution is 2.21. The topological polar surface area (TPSA) is 85.4 Å². The van der Waals surface area contributed by atoms with Crippen LogP contribution in [0.15, 0.2) is 41.4 Å². The van der Waals surface area contributed by atoms with Crippen LogP contribution in [0.1, 0.15) is 0 Å². The lowest BCUT2D eigenvalue weighted by atomic mass is 10.2. The maximum atomic E-state index is 12.4. The van der Waals surface area contributed by atoms with Crippen molar-refractivity contribution < 1.29 is 17.9 Å². The number of methoxy groups -OCH3 is 1. The molecule has 0 spiro atoms. The minimum atomic E-state index is -3.73. The van der Waals surface area contributed by atoms with Crippen molar-refractivity contribution in [2.75, 3.05) is 13.7 Å². The minimum absolute atomic E-state index is 0.0355. The molecule has 0 aliphatic rings. The summed E-state index contributed by atoms with van der Waals surface area (Å²) in [5, 5.41) is 0.538. The lowest BCUT2D eigenvalue weighted by molar-refractivity contribution is -0.139. The number of sulfonamides is 1. The van der Waals surface area contributed by atoms with E-state index in [4.69, 9.17) is 0 Å². The molecule has 0 radical (unpaired) electrons.